The first-order chi connectivity index (χ1) is 10.6. The van der Waals surface area contributed by atoms with Crippen molar-refractivity contribution in [2.75, 3.05) is 25.2 Å². The minimum atomic E-state index is -0.685. The molecule has 122 valence electrons. The number of para-hydroxylation sites is 1. The van der Waals surface area contributed by atoms with Crippen molar-refractivity contribution in [3.8, 4) is 5.75 Å². The molecule has 1 aliphatic heterocycles. The Kier molecular flexibility index (Phi) is 6.43. The van der Waals surface area contributed by atoms with Gasteiger partial charge in [-0.1, -0.05) is 25.1 Å². The Balaban J connectivity index is 1.75. The maximum absolute atomic E-state index is 12.5. The van der Waals surface area contributed by atoms with Crippen molar-refractivity contribution in [3.63, 3.8) is 0 Å². The zero-order valence-corrected chi connectivity index (χ0v) is 14.2. The molecular weight excluding hydrogens is 298 g/mol. The van der Waals surface area contributed by atoms with Gasteiger partial charge in [0.25, 0.3) is 0 Å². The Hall–Kier alpha value is -1.36. The summed E-state index contributed by atoms with van der Waals surface area (Å²) in [6, 6.07) is 9.89. The molecule has 5 heteroatoms. The average Bonchev–Trinajstić information content (AvgIpc) is 2.55. The molecule has 0 spiro atoms. The lowest BCUT2D eigenvalue weighted by atomic mass is 10.0. The molecule has 0 aliphatic carbocycles. The summed E-state index contributed by atoms with van der Waals surface area (Å²) in [5.41, 5.74) is 0. The van der Waals surface area contributed by atoms with E-state index in [9.17, 15) is 9.00 Å². The van der Waals surface area contributed by atoms with Crippen LogP contribution >= 0.6 is 0 Å². The fourth-order valence-electron chi connectivity index (χ4n) is 2.69. The van der Waals surface area contributed by atoms with E-state index in [1.54, 1.807) is 0 Å². The van der Waals surface area contributed by atoms with Gasteiger partial charge in [0.15, 0.2) is 0 Å². The molecule has 0 saturated carbocycles. The van der Waals surface area contributed by atoms with Gasteiger partial charge in [0, 0.05) is 41.3 Å². The topological polar surface area (TPSA) is 46.6 Å². The summed E-state index contributed by atoms with van der Waals surface area (Å²) in [6.07, 6.45) is 2.40. The smallest absolute Gasteiger partial charge is 0.225 e. The van der Waals surface area contributed by atoms with Crippen LogP contribution in [-0.4, -0.2) is 46.2 Å². The summed E-state index contributed by atoms with van der Waals surface area (Å²) >= 11 is 0. The van der Waals surface area contributed by atoms with Crippen LogP contribution in [0.3, 0.4) is 0 Å². The number of carbonyl (C=O) groups excluding carboxylic acids is 1. The van der Waals surface area contributed by atoms with E-state index in [0.29, 0.717) is 24.5 Å². The van der Waals surface area contributed by atoms with Crippen LogP contribution in [0.1, 0.15) is 26.2 Å². The fraction of sp³-hybridized carbons (Fsp3) is 0.588. The van der Waals surface area contributed by atoms with E-state index in [4.69, 9.17) is 4.74 Å². The Labute approximate surface area is 135 Å². The maximum atomic E-state index is 12.5. The number of hydrogen-bond donors (Lipinski definition) is 0. The molecule has 1 aliphatic rings. The monoisotopic (exact) mass is 323 g/mol. The first kappa shape index (κ1) is 17.0. The molecule has 1 atom stereocenters. The Morgan fingerprint density at radius 1 is 1.32 bits per heavy atom. The third kappa shape index (κ3) is 4.83. The van der Waals surface area contributed by atoms with Crippen molar-refractivity contribution >= 4 is 16.7 Å². The number of hydrogen-bond acceptors (Lipinski definition) is 3. The molecule has 0 N–H and O–H groups in total. The second-order valence-electron chi connectivity index (χ2n) is 5.88. The number of carbonyl (C=O) groups is 1. The Bertz CT molecular complexity index is 496. The maximum Gasteiger partial charge on any atom is 0.225 e. The van der Waals surface area contributed by atoms with E-state index in [1.807, 2.05) is 49.2 Å². The summed E-state index contributed by atoms with van der Waals surface area (Å²) in [6.45, 7) is 2.49. The standard InChI is InChI=1S/C17H25NO3S/c1-14(8-11-21-16-6-4-3-5-7-16)17(19)18(2)15-9-12-22(20)13-10-15/h3-7,14-15H,8-13H2,1-2H3/t14-,15?,22?/m0/s1. The molecule has 1 heterocycles. The lowest BCUT2D eigenvalue weighted by molar-refractivity contribution is -0.136. The number of rotatable bonds is 6. The normalized spacial score (nSPS) is 22.8. The highest BCUT2D eigenvalue weighted by Gasteiger charge is 2.27. The first-order valence-electron chi connectivity index (χ1n) is 7.87. The number of benzene rings is 1. The highest BCUT2D eigenvalue weighted by molar-refractivity contribution is 7.85. The van der Waals surface area contributed by atoms with Gasteiger partial charge in [0.1, 0.15) is 5.75 Å². The van der Waals surface area contributed by atoms with Crippen LogP contribution in [0.25, 0.3) is 0 Å². The van der Waals surface area contributed by atoms with Crippen molar-refractivity contribution < 1.29 is 13.7 Å². The van der Waals surface area contributed by atoms with Gasteiger partial charge in [-0.2, -0.15) is 0 Å². The van der Waals surface area contributed by atoms with E-state index in [2.05, 4.69) is 0 Å². The third-order valence-electron chi connectivity index (χ3n) is 4.24. The van der Waals surface area contributed by atoms with Gasteiger partial charge in [-0.3, -0.25) is 9.00 Å². The molecule has 0 radical (unpaired) electrons. The second-order valence-corrected chi connectivity index (χ2v) is 7.58. The van der Waals surface area contributed by atoms with Gasteiger partial charge in [0.2, 0.25) is 5.91 Å². The minimum absolute atomic E-state index is 0.0545. The molecule has 22 heavy (non-hydrogen) atoms. The zero-order valence-electron chi connectivity index (χ0n) is 13.4. The molecule has 4 nitrogen and oxygen atoms in total. The van der Waals surface area contributed by atoms with Gasteiger partial charge in [-0.25, -0.2) is 0 Å². The number of nitrogens with zero attached hydrogens (tertiary/aromatic N) is 1. The zero-order chi connectivity index (χ0) is 15.9. The quantitative estimate of drug-likeness (QED) is 0.808. The summed E-state index contributed by atoms with van der Waals surface area (Å²) in [7, 11) is 1.19. The van der Waals surface area contributed by atoms with E-state index in [0.717, 1.165) is 18.6 Å². The van der Waals surface area contributed by atoms with Crippen molar-refractivity contribution in [3.05, 3.63) is 30.3 Å². The van der Waals surface area contributed by atoms with E-state index in [1.165, 1.54) is 0 Å². The van der Waals surface area contributed by atoms with Gasteiger partial charge in [-0.15, -0.1) is 0 Å². The van der Waals surface area contributed by atoms with Crippen molar-refractivity contribution in [1.29, 1.82) is 0 Å². The van der Waals surface area contributed by atoms with Gasteiger partial charge in [0.05, 0.1) is 6.61 Å². The van der Waals surface area contributed by atoms with Crippen molar-refractivity contribution in [1.82, 2.24) is 4.90 Å². The summed E-state index contributed by atoms with van der Waals surface area (Å²) in [5.74, 6) is 2.38. The largest absolute Gasteiger partial charge is 0.494 e. The van der Waals surface area contributed by atoms with Gasteiger partial charge in [-0.05, 0) is 31.4 Å². The molecule has 0 aromatic heterocycles. The lowest BCUT2D eigenvalue weighted by Crippen LogP contribution is -2.43. The summed E-state index contributed by atoms with van der Waals surface area (Å²) in [5, 5.41) is 0. The van der Waals surface area contributed by atoms with Crippen LogP contribution < -0.4 is 4.74 Å². The predicted molar refractivity (Wildman–Crippen MR) is 89.4 cm³/mol. The van der Waals surface area contributed by atoms with Crippen LogP contribution in [0.4, 0.5) is 0 Å². The molecular formula is C17H25NO3S. The molecule has 0 bridgehead atoms. The average molecular weight is 323 g/mol. The fourth-order valence-corrected chi connectivity index (χ4v) is 3.96. The van der Waals surface area contributed by atoms with E-state index >= 15 is 0 Å². The van der Waals surface area contributed by atoms with Crippen LogP contribution in [0.2, 0.25) is 0 Å². The Morgan fingerprint density at radius 3 is 2.59 bits per heavy atom. The highest BCUT2D eigenvalue weighted by atomic mass is 32.2. The minimum Gasteiger partial charge on any atom is -0.494 e. The van der Waals surface area contributed by atoms with Crippen molar-refractivity contribution in [2.45, 2.75) is 32.2 Å². The molecule has 1 amide bonds. The Morgan fingerprint density at radius 2 is 1.95 bits per heavy atom. The summed E-state index contributed by atoms with van der Waals surface area (Å²) < 4.78 is 17.1. The molecule has 0 unspecified atom stereocenters. The van der Waals surface area contributed by atoms with E-state index < -0.39 is 10.8 Å². The van der Waals surface area contributed by atoms with Crippen molar-refractivity contribution in [2.24, 2.45) is 5.92 Å². The van der Waals surface area contributed by atoms with E-state index in [-0.39, 0.29) is 17.9 Å². The van der Waals surface area contributed by atoms with Gasteiger partial charge < -0.3 is 9.64 Å². The highest BCUT2D eigenvalue weighted by Crippen LogP contribution is 2.18. The van der Waals surface area contributed by atoms with Crippen LogP contribution in [-0.2, 0) is 15.6 Å². The second kappa shape index (κ2) is 8.32. The van der Waals surface area contributed by atoms with Crippen LogP contribution in [0, 0.1) is 5.92 Å². The number of ether oxygens (including phenoxy) is 1. The van der Waals surface area contributed by atoms with Crippen LogP contribution in [0.15, 0.2) is 30.3 Å². The molecule has 2 rings (SSSR count). The predicted octanol–water partition coefficient (Wildman–Crippen LogP) is 2.46. The van der Waals surface area contributed by atoms with Gasteiger partial charge >= 0.3 is 0 Å². The van der Waals surface area contributed by atoms with Crippen LogP contribution in [0.5, 0.6) is 5.75 Å². The molecule has 1 fully saturated rings. The third-order valence-corrected chi connectivity index (χ3v) is 5.62. The SMILES string of the molecule is C[C@@H](CCOc1ccccc1)C(=O)N(C)C1CCS(=O)CC1. The lowest BCUT2D eigenvalue weighted by Gasteiger charge is -2.32. The summed E-state index contributed by atoms with van der Waals surface area (Å²) in [4.78, 5) is 14.3. The molecule has 1 aromatic carbocycles. The molecule has 1 saturated heterocycles. The first-order valence-corrected chi connectivity index (χ1v) is 9.36. The molecule has 1 aromatic rings. The number of amides is 1.